The first kappa shape index (κ1) is 14.4. The first-order valence-corrected chi connectivity index (χ1v) is 7.22. The maximum atomic E-state index is 5.88. The zero-order chi connectivity index (χ0) is 13.7. The molecule has 2 rings (SSSR count). The van der Waals surface area contributed by atoms with Crippen molar-refractivity contribution in [2.45, 2.75) is 26.2 Å². The van der Waals surface area contributed by atoms with E-state index >= 15 is 0 Å². The van der Waals surface area contributed by atoms with Crippen molar-refractivity contribution in [3.8, 4) is 5.75 Å². The molecule has 0 unspecified atom stereocenters. The molecule has 0 saturated carbocycles. The molecule has 0 aromatic heterocycles. The van der Waals surface area contributed by atoms with Crippen LogP contribution in [-0.2, 0) is 5.41 Å². The molecule has 1 aromatic rings. The molecule has 0 spiro atoms. The summed E-state index contributed by atoms with van der Waals surface area (Å²) < 4.78 is 5.88. The highest BCUT2D eigenvalue weighted by molar-refractivity contribution is 5.32. The van der Waals surface area contributed by atoms with Crippen LogP contribution in [0.4, 0.5) is 0 Å². The van der Waals surface area contributed by atoms with Gasteiger partial charge in [-0.05, 0) is 23.1 Å². The van der Waals surface area contributed by atoms with Gasteiger partial charge in [0.1, 0.15) is 12.4 Å². The van der Waals surface area contributed by atoms with Gasteiger partial charge in [-0.25, -0.2) is 0 Å². The molecule has 0 bridgehead atoms. The predicted molar refractivity (Wildman–Crippen MR) is 79.9 cm³/mol. The highest BCUT2D eigenvalue weighted by Gasteiger charge is 2.14. The van der Waals surface area contributed by atoms with Gasteiger partial charge >= 0.3 is 0 Å². The Hall–Kier alpha value is -1.06. The second kappa shape index (κ2) is 6.40. The lowest BCUT2D eigenvalue weighted by molar-refractivity contribution is 0.191. The standard InChI is InChI=1S/C16H26N2O/c1-16(2,3)14-5-4-6-15(13-14)19-12-11-18-9-7-17-8-10-18/h4-6,13,17H,7-12H2,1-3H3. The minimum Gasteiger partial charge on any atom is -0.492 e. The Morgan fingerprint density at radius 3 is 2.63 bits per heavy atom. The van der Waals surface area contributed by atoms with Crippen molar-refractivity contribution >= 4 is 0 Å². The summed E-state index contributed by atoms with van der Waals surface area (Å²) in [6.07, 6.45) is 0. The smallest absolute Gasteiger partial charge is 0.119 e. The number of hydrogen-bond acceptors (Lipinski definition) is 3. The first-order chi connectivity index (χ1) is 9.05. The fourth-order valence-electron chi connectivity index (χ4n) is 2.28. The molecule has 0 amide bonds. The van der Waals surface area contributed by atoms with Crippen LogP contribution in [-0.4, -0.2) is 44.2 Å². The molecule has 3 nitrogen and oxygen atoms in total. The van der Waals surface area contributed by atoms with Crippen molar-refractivity contribution < 1.29 is 4.74 Å². The molecule has 1 heterocycles. The van der Waals surface area contributed by atoms with Gasteiger partial charge in [0.15, 0.2) is 0 Å². The maximum Gasteiger partial charge on any atom is 0.119 e. The monoisotopic (exact) mass is 262 g/mol. The van der Waals surface area contributed by atoms with Crippen molar-refractivity contribution in [3.05, 3.63) is 29.8 Å². The van der Waals surface area contributed by atoms with Gasteiger partial charge in [0.05, 0.1) is 0 Å². The molecule has 3 heteroatoms. The lowest BCUT2D eigenvalue weighted by atomic mass is 9.87. The Labute approximate surface area is 116 Å². The largest absolute Gasteiger partial charge is 0.492 e. The SMILES string of the molecule is CC(C)(C)c1cccc(OCCN2CCNCC2)c1. The van der Waals surface area contributed by atoms with Gasteiger partial charge in [-0.15, -0.1) is 0 Å². The van der Waals surface area contributed by atoms with E-state index in [0.717, 1.165) is 45.1 Å². The fraction of sp³-hybridized carbons (Fsp3) is 0.625. The van der Waals surface area contributed by atoms with Crippen LogP contribution < -0.4 is 10.1 Å². The summed E-state index contributed by atoms with van der Waals surface area (Å²) in [4.78, 5) is 2.45. The molecule has 0 radical (unpaired) electrons. The molecule has 1 aliphatic rings. The third-order valence-electron chi connectivity index (χ3n) is 3.59. The van der Waals surface area contributed by atoms with Crippen molar-refractivity contribution in [2.75, 3.05) is 39.3 Å². The number of hydrogen-bond donors (Lipinski definition) is 1. The second-order valence-corrected chi connectivity index (χ2v) is 6.22. The van der Waals surface area contributed by atoms with Crippen LogP contribution >= 0.6 is 0 Å². The highest BCUT2D eigenvalue weighted by Crippen LogP contribution is 2.25. The van der Waals surface area contributed by atoms with Gasteiger partial charge in [0.2, 0.25) is 0 Å². The predicted octanol–water partition coefficient (Wildman–Crippen LogP) is 2.27. The van der Waals surface area contributed by atoms with E-state index in [9.17, 15) is 0 Å². The number of nitrogens with zero attached hydrogens (tertiary/aromatic N) is 1. The molecule has 1 N–H and O–H groups in total. The van der Waals surface area contributed by atoms with Crippen molar-refractivity contribution in [1.82, 2.24) is 10.2 Å². The summed E-state index contributed by atoms with van der Waals surface area (Å²) in [6.45, 7) is 12.9. The summed E-state index contributed by atoms with van der Waals surface area (Å²) >= 11 is 0. The van der Waals surface area contributed by atoms with Crippen LogP contribution in [0.25, 0.3) is 0 Å². The quantitative estimate of drug-likeness (QED) is 0.901. The van der Waals surface area contributed by atoms with E-state index < -0.39 is 0 Å². The van der Waals surface area contributed by atoms with E-state index in [4.69, 9.17) is 4.74 Å². The second-order valence-electron chi connectivity index (χ2n) is 6.22. The Balaban J connectivity index is 1.82. The van der Waals surface area contributed by atoms with Gasteiger partial charge in [-0.1, -0.05) is 32.9 Å². The van der Waals surface area contributed by atoms with Crippen LogP contribution in [0.15, 0.2) is 24.3 Å². The molecular weight excluding hydrogens is 236 g/mol. The van der Waals surface area contributed by atoms with E-state index in [1.807, 2.05) is 6.07 Å². The van der Waals surface area contributed by atoms with E-state index in [-0.39, 0.29) is 5.41 Å². The lowest BCUT2D eigenvalue weighted by Gasteiger charge is -2.27. The van der Waals surface area contributed by atoms with E-state index in [0.29, 0.717) is 0 Å². The van der Waals surface area contributed by atoms with Crippen LogP contribution in [0.2, 0.25) is 0 Å². The zero-order valence-corrected chi connectivity index (χ0v) is 12.4. The number of ether oxygens (including phenoxy) is 1. The third-order valence-corrected chi connectivity index (χ3v) is 3.59. The Morgan fingerprint density at radius 2 is 1.95 bits per heavy atom. The van der Waals surface area contributed by atoms with Crippen LogP contribution in [0.1, 0.15) is 26.3 Å². The number of benzene rings is 1. The van der Waals surface area contributed by atoms with Gasteiger partial charge in [0.25, 0.3) is 0 Å². The average Bonchev–Trinajstić information content (AvgIpc) is 2.39. The Morgan fingerprint density at radius 1 is 1.21 bits per heavy atom. The molecule has 1 fully saturated rings. The molecule has 0 aliphatic carbocycles. The normalized spacial score (nSPS) is 17.4. The Bertz CT molecular complexity index is 392. The number of rotatable bonds is 4. The molecular formula is C16H26N2O. The topological polar surface area (TPSA) is 24.5 Å². The van der Waals surface area contributed by atoms with Crippen molar-refractivity contribution in [1.29, 1.82) is 0 Å². The summed E-state index contributed by atoms with van der Waals surface area (Å²) in [5, 5.41) is 3.36. The van der Waals surface area contributed by atoms with Crippen molar-refractivity contribution in [2.24, 2.45) is 0 Å². The van der Waals surface area contributed by atoms with Gasteiger partial charge in [-0.2, -0.15) is 0 Å². The summed E-state index contributed by atoms with van der Waals surface area (Å²) in [5.74, 6) is 0.988. The van der Waals surface area contributed by atoms with E-state index in [2.05, 4.69) is 49.2 Å². The lowest BCUT2D eigenvalue weighted by Crippen LogP contribution is -2.44. The van der Waals surface area contributed by atoms with Crippen molar-refractivity contribution in [3.63, 3.8) is 0 Å². The minimum absolute atomic E-state index is 0.178. The van der Waals surface area contributed by atoms with E-state index in [1.54, 1.807) is 0 Å². The fourth-order valence-corrected chi connectivity index (χ4v) is 2.28. The molecule has 19 heavy (non-hydrogen) atoms. The Kier molecular flexibility index (Phi) is 4.83. The number of piperazine rings is 1. The van der Waals surface area contributed by atoms with Crippen LogP contribution in [0.5, 0.6) is 5.75 Å². The minimum atomic E-state index is 0.178. The number of nitrogens with one attached hydrogen (secondary N) is 1. The van der Waals surface area contributed by atoms with Crippen LogP contribution in [0, 0.1) is 0 Å². The molecule has 106 valence electrons. The third kappa shape index (κ3) is 4.51. The van der Waals surface area contributed by atoms with Gasteiger partial charge < -0.3 is 10.1 Å². The maximum absolute atomic E-state index is 5.88. The summed E-state index contributed by atoms with van der Waals surface area (Å²) in [5.41, 5.74) is 1.50. The van der Waals surface area contributed by atoms with E-state index in [1.165, 1.54) is 5.56 Å². The summed E-state index contributed by atoms with van der Waals surface area (Å²) in [6, 6.07) is 8.47. The van der Waals surface area contributed by atoms with Gasteiger partial charge in [-0.3, -0.25) is 4.90 Å². The van der Waals surface area contributed by atoms with Crippen LogP contribution in [0.3, 0.4) is 0 Å². The molecule has 1 saturated heterocycles. The molecule has 1 aromatic carbocycles. The average molecular weight is 262 g/mol. The summed E-state index contributed by atoms with van der Waals surface area (Å²) in [7, 11) is 0. The first-order valence-electron chi connectivity index (χ1n) is 7.22. The zero-order valence-electron chi connectivity index (χ0n) is 12.4. The molecule has 1 aliphatic heterocycles. The van der Waals surface area contributed by atoms with Gasteiger partial charge in [0, 0.05) is 32.7 Å². The molecule has 0 atom stereocenters. The highest BCUT2D eigenvalue weighted by atomic mass is 16.5.